The van der Waals surface area contributed by atoms with Gasteiger partial charge in [-0.25, -0.2) is 4.39 Å². The number of carbonyl (C=O) groups is 1. The summed E-state index contributed by atoms with van der Waals surface area (Å²) in [4.78, 5) is 11.6. The lowest BCUT2D eigenvalue weighted by Gasteiger charge is -2.14. The number of halogens is 2. The molecule has 1 aliphatic carbocycles. The Labute approximate surface area is 112 Å². The fourth-order valence-corrected chi connectivity index (χ4v) is 2.01. The zero-order chi connectivity index (χ0) is 13.2. The largest absolute Gasteiger partial charge is 0.483 e. The van der Waals surface area contributed by atoms with E-state index in [-0.39, 0.29) is 24.9 Å². The minimum atomic E-state index is -0.444. The van der Waals surface area contributed by atoms with Crippen LogP contribution in [0.3, 0.4) is 0 Å². The number of aliphatic hydroxyl groups excluding tert-OH is 1. The van der Waals surface area contributed by atoms with Gasteiger partial charge >= 0.3 is 0 Å². The van der Waals surface area contributed by atoms with Crippen molar-refractivity contribution in [1.82, 2.24) is 5.32 Å². The third-order valence-corrected chi connectivity index (χ3v) is 3.43. The minimum Gasteiger partial charge on any atom is -0.483 e. The van der Waals surface area contributed by atoms with Crippen LogP contribution in [0, 0.1) is 5.82 Å². The van der Waals surface area contributed by atoms with Crippen molar-refractivity contribution in [1.29, 1.82) is 0 Å². The first kappa shape index (κ1) is 13.3. The smallest absolute Gasteiger partial charge is 0.258 e. The molecule has 0 radical (unpaired) electrons. The molecule has 0 aliphatic heterocycles. The molecule has 1 amide bonds. The predicted octanol–water partition coefficient (Wildman–Crippen LogP) is 1.61. The van der Waals surface area contributed by atoms with E-state index in [1.54, 1.807) is 0 Å². The van der Waals surface area contributed by atoms with Gasteiger partial charge in [-0.05, 0) is 47.0 Å². The Morgan fingerprint density at radius 1 is 1.56 bits per heavy atom. The Kier molecular flexibility index (Phi) is 3.87. The van der Waals surface area contributed by atoms with Gasteiger partial charge in [0.1, 0.15) is 11.6 Å². The van der Waals surface area contributed by atoms with Gasteiger partial charge in [0.05, 0.1) is 16.6 Å². The Balaban J connectivity index is 1.85. The number of ether oxygens (including phenoxy) is 1. The van der Waals surface area contributed by atoms with E-state index in [0.29, 0.717) is 10.2 Å². The van der Waals surface area contributed by atoms with Gasteiger partial charge in [0.15, 0.2) is 6.61 Å². The molecule has 0 saturated heterocycles. The van der Waals surface area contributed by atoms with E-state index in [2.05, 4.69) is 21.2 Å². The van der Waals surface area contributed by atoms with Crippen molar-refractivity contribution in [2.45, 2.75) is 18.4 Å². The van der Waals surface area contributed by atoms with E-state index in [1.165, 1.54) is 18.2 Å². The molecular weight excluding hydrogens is 305 g/mol. The Bertz CT molecular complexity index is 463. The van der Waals surface area contributed by atoms with Crippen molar-refractivity contribution in [2.24, 2.45) is 0 Å². The SMILES string of the molecule is O=C(COc1ccc(F)cc1Br)NC1(CO)CC1. The van der Waals surface area contributed by atoms with Gasteiger partial charge in [0, 0.05) is 0 Å². The first-order valence-electron chi connectivity index (χ1n) is 5.54. The second-order valence-corrected chi connectivity index (χ2v) is 5.20. The number of nitrogens with one attached hydrogen (secondary N) is 1. The second-order valence-electron chi connectivity index (χ2n) is 4.35. The zero-order valence-electron chi connectivity index (χ0n) is 9.58. The molecule has 0 aromatic heterocycles. The minimum absolute atomic E-state index is 0.0566. The van der Waals surface area contributed by atoms with Crippen LogP contribution in [-0.4, -0.2) is 29.8 Å². The van der Waals surface area contributed by atoms with Gasteiger partial charge < -0.3 is 15.2 Å². The average Bonchev–Trinajstić information content (AvgIpc) is 3.08. The van der Waals surface area contributed by atoms with Crippen molar-refractivity contribution in [2.75, 3.05) is 13.2 Å². The van der Waals surface area contributed by atoms with E-state index in [0.717, 1.165) is 12.8 Å². The molecule has 0 unspecified atom stereocenters. The summed E-state index contributed by atoms with van der Waals surface area (Å²) in [5, 5.41) is 11.8. The fourth-order valence-electron chi connectivity index (χ4n) is 1.54. The molecular formula is C12H13BrFNO3. The number of hydrogen-bond acceptors (Lipinski definition) is 3. The lowest BCUT2D eigenvalue weighted by molar-refractivity contribution is -0.124. The number of amides is 1. The first-order chi connectivity index (χ1) is 8.54. The second kappa shape index (κ2) is 5.24. The van der Waals surface area contributed by atoms with Gasteiger partial charge in [-0.2, -0.15) is 0 Å². The number of aliphatic hydroxyl groups is 1. The van der Waals surface area contributed by atoms with Crippen LogP contribution >= 0.6 is 15.9 Å². The van der Waals surface area contributed by atoms with Gasteiger partial charge in [0.25, 0.3) is 5.91 Å². The van der Waals surface area contributed by atoms with Crippen LogP contribution in [0.25, 0.3) is 0 Å². The highest BCUT2D eigenvalue weighted by Gasteiger charge is 2.43. The highest BCUT2D eigenvalue weighted by Crippen LogP contribution is 2.34. The number of hydrogen-bond donors (Lipinski definition) is 2. The molecule has 1 aliphatic rings. The predicted molar refractivity (Wildman–Crippen MR) is 66.8 cm³/mol. The van der Waals surface area contributed by atoms with Gasteiger partial charge in [-0.1, -0.05) is 0 Å². The fraction of sp³-hybridized carbons (Fsp3) is 0.417. The Morgan fingerprint density at radius 3 is 2.83 bits per heavy atom. The highest BCUT2D eigenvalue weighted by molar-refractivity contribution is 9.10. The first-order valence-corrected chi connectivity index (χ1v) is 6.34. The average molecular weight is 318 g/mol. The standard InChI is InChI=1S/C12H13BrFNO3/c13-9-5-8(14)1-2-10(9)18-6-11(17)15-12(7-16)3-4-12/h1-2,5,16H,3-4,6-7H2,(H,15,17). The van der Waals surface area contributed by atoms with E-state index < -0.39 is 5.54 Å². The molecule has 6 heteroatoms. The van der Waals surface area contributed by atoms with Crippen LogP contribution in [0.5, 0.6) is 5.75 Å². The quantitative estimate of drug-likeness (QED) is 0.867. The zero-order valence-corrected chi connectivity index (χ0v) is 11.2. The summed E-state index contributed by atoms with van der Waals surface area (Å²) in [6, 6.07) is 3.98. The Morgan fingerprint density at radius 2 is 2.28 bits per heavy atom. The molecule has 0 spiro atoms. The van der Waals surface area contributed by atoms with Gasteiger partial charge in [-0.3, -0.25) is 4.79 Å². The number of rotatable bonds is 5. The summed E-state index contributed by atoms with van der Waals surface area (Å²) in [5.41, 5.74) is -0.444. The van der Waals surface area contributed by atoms with Crippen molar-refractivity contribution >= 4 is 21.8 Å². The molecule has 0 heterocycles. The molecule has 4 nitrogen and oxygen atoms in total. The monoisotopic (exact) mass is 317 g/mol. The van der Waals surface area contributed by atoms with Gasteiger partial charge in [0.2, 0.25) is 0 Å². The molecule has 1 aromatic carbocycles. The maximum Gasteiger partial charge on any atom is 0.258 e. The molecule has 18 heavy (non-hydrogen) atoms. The van der Waals surface area contributed by atoms with Crippen LogP contribution in [0.4, 0.5) is 4.39 Å². The molecule has 0 bridgehead atoms. The number of carbonyl (C=O) groups excluding carboxylic acids is 1. The maximum absolute atomic E-state index is 12.8. The summed E-state index contributed by atoms with van der Waals surface area (Å²) >= 11 is 3.15. The van der Waals surface area contributed by atoms with E-state index in [9.17, 15) is 9.18 Å². The summed E-state index contributed by atoms with van der Waals surface area (Å²) < 4.78 is 18.6. The lowest BCUT2D eigenvalue weighted by Crippen LogP contribution is -2.42. The van der Waals surface area contributed by atoms with Crippen LogP contribution in [0.15, 0.2) is 22.7 Å². The van der Waals surface area contributed by atoms with Crippen molar-refractivity contribution in [3.63, 3.8) is 0 Å². The molecule has 1 fully saturated rings. The van der Waals surface area contributed by atoms with E-state index in [1.807, 2.05) is 0 Å². The van der Waals surface area contributed by atoms with Crippen molar-refractivity contribution in [3.05, 3.63) is 28.5 Å². The lowest BCUT2D eigenvalue weighted by atomic mass is 10.3. The Hall–Kier alpha value is -1.14. The molecule has 2 N–H and O–H groups in total. The van der Waals surface area contributed by atoms with Crippen molar-refractivity contribution in [3.8, 4) is 5.75 Å². The molecule has 0 atom stereocenters. The topological polar surface area (TPSA) is 58.6 Å². The number of benzene rings is 1. The van der Waals surface area contributed by atoms with Crippen molar-refractivity contribution < 1.29 is 19.0 Å². The van der Waals surface area contributed by atoms with E-state index in [4.69, 9.17) is 9.84 Å². The van der Waals surface area contributed by atoms with Crippen LogP contribution in [-0.2, 0) is 4.79 Å². The highest BCUT2D eigenvalue weighted by atomic mass is 79.9. The third-order valence-electron chi connectivity index (χ3n) is 2.81. The maximum atomic E-state index is 12.8. The van der Waals surface area contributed by atoms with E-state index >= 15 is 0 Å². The summed E-state index contributed by atoms with van der Waals surface area (Å²) in [6.07, 6.45) is 1.57. The molecule has 1 aromatic rings. The molecule has 98 valence electrons. The summed E-state index contributed by atoms with van der Waals surface area (Å²) in [7, 11) is 0. The van der Waals surface area contributed by atoms with Crippen LogP contribution in [0.2, 0.25) is 0 Å². The van der Waals surface area contributed by atoms with Crippen LogP contribution in [0.1, 0.15) is 12.8 Å². The normalized spacial score (nSPS) is 16.2. The molecule has 1 saturated carbocycles. The summed E-state index contributed by atoms with van der Waals surface area (Å²) in [6.45, 7) is -0.217. The van der Waals surface area contributed by atoms with Gasteiger partial charge in [-0.15, -0.1) is 0 Å². The third kappa shape index (κ3) is 3.20. The summed E-state index contributed by atoms with van der Waals surface area (Å²) in [5.74, 6) is -0.269. The molecule has 2 rings (SSSR count). The van der Waals surface area contributed by atoms with Crippen LogP contribution < -0.4 is 10.1 Å².